The van der Waals surface area contributed by atoms with Crippen molar-refractivity contribution in [2.45, 2.75) is 59.7 Å². The molecule has 0 atom stereocenters. The molecule has 0 fully saturated rings. The van der Waals surface area contributed by atoms with Crippen LogP contribution in [0.25, 0.3) is 0 Å². The standard InChI is InChI=1S/C27H31ClN2O6/c1-15(2)36-22(31)13-11-16(3)10-12-18-24(30-27(33)29-21-9-7-6-8-20(21)28)23-19(14-35-26(23)32)17(4)25(18)34-5/h6-10,15H,11-14H2,1-5H3,(H2,29,30,33)/b16-10+. The zero-order valence-electron chi connectivity index (χ0n) is 21.1. The third kappa shape index (κ3) is 6.37. The Kier molecular flexibility index (Phi) is 8.98. The van der Waals surface area contributed by atoms with E-state index >= 15 is 0 Å². The number of benzene rings is 2. The number of nitrogens with one attached hydrogen (secondary N) is 2. The average molecular weight is 515 g/mol. The number of para-hydroxylation sites is 1. The van der Waals surface area contributed by atoms with Gasteiger partial charge < -0.3 is 24.8 Å². The van der Waals surface area contributed by atoms with Crippen molar-refractivity contribution in [1.82, 2.24) is 0 Å². The number of fused-ring (bicyclic) bond motifs is 1. The van der Waals surface area contributed by atoms with Crippen molar-refractivity contribution in [2.24, 2.45) is 0 Å². The monoisotopic (exact) mass is 514 g/mol. The summed E-state index contributed by atoms with van der Waals surface area (Å²) in [5.41, 5.74) is 4.10. The highest BCUT2D eigenvalue weighted by Gasteiger charge is 2.32. The van der Waals surface area contributed by atoms with Crippen LogP contribution in [0, 0.1) is 6.92 Å². The molecule has 192 valence electrons. The van der Waals surface area contributed by atoms with Crippen LogP contribution < -0.4 is 15.4 Å². The number of anilines is 2. The highest BCUT2D eigenvalue weighted by molar-refractivity contribution is 6.33. The van der Waals surface area contributed by atoms with Gasteiger partial charge in [-0.25, -0.2) is 9.59 Å². The molecule has 2 aromatic carbocycles. The van der Waals surface area contributed by atoms with Crippen molar-refractivity contribution < 1.29 is 28.6 Å². The van der Waals surface area contributed by atoms with E-state index in [4.69, 9.17) is 25.8 Å². The Morgan fingerprint density at radius 2 is 1.92 bits per heavy atom. The first kappa shape index (κ1) is 27.1. The first-order valence-electron chi connectivity index (χ1n) is 11.7. The summed E-state index contributed by atoms with van der Waals surface area (Å²) < 4.78 is 16.2. The maximum Gasteiger partial charge on any atom is 0.341 e. The van der Waals surface area contributed by atoms with E-state index in [0.717, 1.165) is 11.1 Å². The zero-order chi connectivity index (χ0) is 26.4. The number of allylic oxidation sites excluding steroid dienone is 2. The van der Waals surface area contributed by atoms with Gasteiger partial charge >= 0.3 is 18.0 Å². The lowest BCUT2D eigenvalue weighted by molar-refractivity contribution is -0.147. The number of cyclic esters (lactones) is 1. The number of ether oxygens (including phenoxy) is 3. The molecule has 0 saturated heterocycles. The highest BCUT2D eigenvalue weighted by Crippen LogP contribution is 2.41. The molecule has 2 amide bonds. The van der Waals surface area contributed by atoms with Crippen LogP contribution in [0.5, 0.6) is 5.75 Å². The van der Waals surface area contributed by atoms with E-state index in [9.17, 15) is 14.4 Å². The minimum Gasteiger partial charge on any atom is -0.496 e. The normalized spacial score (nSPS) is 12.8. The summed E-state index contributed by atoms with van der Waals surface area (Å²) in [6, 6.07) is 6.29. The van der Waals surface area contributed by atoms with Crippen molar-refractivity contribution in [2.75, 3.05) is 17.7 Å². The highest BCUT2D eigenvalue weighted by atomic mass is 35.5. The Morgan fingerprint density at radius 3 is 2.58 bits per heavy atom. The summed E-state index contributed by atoms with van der Waals surface area (Å²) in [6.07, 6.45) is 2.93. The largest absolute Gasteiger partial charge is 0.496 e. The second-order valence-electron chi connectivity index (χ2n) is 8.79. The lowest BCUT2D eigenvalue weighted by Gasteiger charge is -2.20. The Hall–Kier alpha value is -3.52. The van der Waals surface area contributed by atoms with Crippen molar-refractivity contribution in [3.63, 3.8) is 0 Å². The fourth-order valence-corrected chi connectivity index (χ4v) is 4.20. The molecule has 2 aromatic rings. The van der Waals surface area contributed by atoms with Crippen LogP contribution in [-0.4, -0.2) is 31.2 Å². The summed E-state index contributed by atoms with van der Waals surface area (Å²) >= 11 is 6.17. The molecule has 1 heterocycles. The average Bonchev–Trinajstić information content (AvgIpc) is 3.21. The van der Waals surface area contributed by atoms with Crippen molar-refractivity contribution in [1.29, 1.82) is 0 Å². The maximum absolute atomic E-state index is 12.9. The van der Waals surface area contributed by atoms with E-state index in [1.165, 1.54) is 0 Å². The summed E-state index contributed by atoms with van der Waals surface area (Å²) in [5, 5.41) is 5.92. The second-order valence-corrected chi connectivity index (χ2v) is 9.20. The summed E-state index contributed by atoms with van der Waals surface area (Å²) in [7, 11) is 1.54. The van der Waals surface area contributed by atoms with E-state index in [0.29, 0.717) is 51.7 Å². The van der Waals surface area contributed by atoms with Gasteiger partial charge in [-0.1, -0.05) is 35.4 Å². The number of methoxy groups -OCH3 is 1. The number of hydrogen-bond acceptors (Lipinski definition) is 6. The summed E-state index contributed by atoms with van der Waals surface area (Å²) in [4.78, 5) is 37.5. The minimum atomic E-state index is -0.561. The molecule has 0 bridgehead atoms. The number of carbonyl (C=O) groups is 3. The Bertz CT molecular complexity index is 1210. The van der Waals surface area contributed by atoms with Crippen molar-refractivity contribution in [3.8, 4) is 5.75 Å². The number of urea groups is 1. The molecule has 1 aliphatic heterocycles. The molecule has 8 nitrogen and oxygen atoms in total. The molecular weight excluding hydrogens is 484 g/mol. The van der Waals surface area contributed by atoms with Gasteiger partial charge in [-0.15, -0.1) is 0 Å². The summed E-state index contributed by atoms with van der Waals surface area (Å²) in [5.74, 6) is -0.212. The van der Waals surface area contributed by atoms with Gasteiger partial charge in [0.2, 0.25) is 0 Å². The molecule has 0 aliphatic carbocycles. The van der Waals surface area contributed by atoms with Gasteiger partial charge in [0.15, 0.2) is 0 Å². The molecule has 36 heavy (non-hydrogen) atoms. The Balaban J connectivity index is 1.92. The quantitative estimate of drug-likeness (QED) is 0.305. The third-order valence-electron chi connectivity index (χ3n) is 5.78. The fourth-order valence-electron chi connectivity index (χ4n) is 4.02. The third-order valence-corrected chi connectivity index (χ3v) is 6.11. The van der Waals surface area contributed by atoms with E-state index in [-0.39, 0.29) is 25.1 Å². The SMILES string of the molecule is COc1c(C)c2c(c(NC(=O)Nc3ccccc3Cl)c1C/C=C(\C)CCC(=O)OC(C)C)C(=O)OC2. The van der Waals surface area contributed by atoms with Crippen molar-refractivity contribution >= 4 is 40.9 Å². The number of rotatable bonds is 9. The molecule has 9 heteroatoms. The van der Waals surface area contributed by atoms with E-state index in [2.05, 4.69) is 10.6 Å². The van der Waals surface area contributed by atoms with Gasteiger partial charge in [-0.2, -0.15) is 0 Å². The molecule has 0 radical (unpaired) electrons. The minimum absolute atomic E-state index is 0.101. The molecule has 2 N–H and O–H groups in total. The molecule has 0 unspecified atom stereocenters. The predicted octanol–water partition coefficient (Wildman–Crippen LogP) is 6.19. The fraction of sp³-hybridized carbons (Fsp3) is 0.370. The molecular formula is C27H31ClN2O6. The number of amides is 2. The zero-order valence-corrected chi connectivity index (χ0v) is 21.9. The maximum atomic E-state index is 12.9. The van der Waals surface area contributed by atoms with Crippen LogP contribution in [0.3, 0.4) is 0 Å². The number of hydrogen-bond donors (Lipinski definition) is 2. The molecule has 0 saturated carbocycles. The molecule has 1 aliphatic rings. The van der Waals surface area contributed by atoms with Gasteiger partial charge in [0, 0.05) is 17.5 Å². The van der Waals surface area contributed by atoms with Crippen molar-refractivity contribution in [3.05, 3.63) is 63.2 Å². The molecule has 0 aromatic heterocycles. The van der Waals surface area contributed by atoms with Gasteiger partial charge in [-0.05, 0) is 58.2 Å². The smallest absolute Gasteiger partial charge is 0.341 e. The van der Waals surface area contributed by atoms with Crippen LogP contribution in [-0.2, 0) is 27.3 Å². The van der Waals surface area contributed by atoms with E-state index < -0.39 is 12.0 Å². The van der Waals surface area contributed by atoms with Gasteiger partial charge in [-0.3, -0.25) is 4.79 Å². The first-order valence-corrected chi connectivity index (χ1v) is 12.1. The number of carbonyl (C=O) groups excluding carboxylic acids is 3. The Morgan fingerprint density at radius 1 is 1.19 bits per heavy atom. The number of halogens is 1. The topological polar surface area (TPSA) is 103 Å². The molecule has 0 spiro atoms. The predicted molar refractivity (Wildman–Crippen MR) is 139 cm³/mol. The van der Waals surface area contributed by atoms with Gasteiger partial charge in [0.05, 0.1) is 35.2 Å². The van der Waals surface area contributed by atoms with Crippen LogP contribution in [0.4, 0.5) is 16.2 Å². The summed E-state index contributed by atoms with van der Waals surface area (Å²) in [6.45, 7) is 7.50. The second kappa shape index (κ2) is 11.9. The van der Waals surface area contributed by atoms with Crippen LogP contribution >= 0.6 is 11.6 Å². The lowest BCUT2D eigenvalue weighted by Crippen LogP contribution is -2.22. The molecule has 3 rings (SSSR count). The van der Waals surface area contributed by atoms with Gasteiger partial charge in [0.1, 0.15) is 12.4 Å². The number of esters is 2. The van der Waals surface area contributed by atoms with Gasteiger partial charge in [0.25, 0.3) is 0 Å². The van der Waals surface area contributed by atoms with Crippen LogP contribution in [0.1, 0.15) is 60.7 Å². The van der Waals surface area contributed by atoms with Crippen LogP contribution in [0.2, 0.25) is 5.02 Å². The van der Waals surface area contributed by atoms with E-state index in [1.807, 2.05) is 33.8 Å². The Labute approximate surface area is 215 Å². The lowest BCUT2D eigenvalue weighted by atomic mass is 9.93. The van der Waals surface area contributed by atoms with E-state index in [1.54, 1.807) is 31.4 Å². The van der Waals surface area contributed by atoms with Crippen LogP contribution in [0.15, 0.2) is 35.9 Å². The first-order chi connectivity index (χ1) is 17.1.